The third-order valence-electron chi connectivity index (χ3n) is 2.47. The Morgan fingerprint density at radius 1 is 1.16 bits per heavy atom. The van der Waals surface area contributed by atoms with Crippen molar-refractivity contribution in [3.05, 3.63) is 23.9 Å². The first kappa shape index (κ1) is 15.3. The molecule has 5 heteroatoms. The molecular weight excluding hydrogens is 246 g/mol. The van der Waals surface area contributed by atoms with E-state index in [4.69, 9.17) is 9.47 Å². The molecule has 5 nitrogen and oxygen atoms in total. The van der Waals surface area contributed by atoms with Crippen molar-refractivity contribution in [1.29, 1.82) is 0 Å². The predicted molar refractivity (Wildman–Crippen MR) is 71.2 cm³/mol. The Bertz CT molecular complexity index is 423. The van der Waals surface area contributed by atoms with E-state index in [0.29, 0.717) is 5.57 Å². The second-order valence-electron chi connectivity index (χ2n) is 5.19. The van der Waals surface area contributed by atoms with E-state index in [9.17, 15) is 9.59 Å². The fraction of sp³-hybridized carbons (Fsp3) is 0.571. The average Bonchev–Trinajstić information content (AvgIpc) is 2.27. The van der Waals surface area contributed by atoms with Crippen molar-refractivity contribution in [1.82, 2.24) is 5.32 Å². The van der Waals surface area contributed by atoms with Gasteiger partial charge in [-0.2, -0.15) is 0 Å². The van der Waals surface area contributed by atoms with Crippen LogP contribution in [0.25, 0.3) is 0 Å². The average molecular weight is 267 g/mol. The van der Waals surface area contributed by atoms with Gasteiger partial charge in [-0.1, -0.05) is 0 Å². The molecule has 1 atom stereocenters. The number of nitrogens with one attached hydrogen (secondary N) is 1. The molecular formula is C14H21NO4. The minimum absolute atomic E-state index is 0.180. The van der Waals surface area contributed by atoms with E-state index in [1.165, 1.54) is 6.20 Å². The van der Waals surface area contributed by atoms with Crippen molar-refractivity contribution < 1.29 is 19.1 Å². The standard InChI is InChI=1S/C14H21NO4/c1-9(2)18-12(16)11-6-7-14(5,15-8-11)13(17)19-10(3)4/h6-10,15H,1-5H3. The molecule has 106 valence electrons. The Kier molecular flexibility index (Phi) is 4.75. The fourth-order valence-electron chi connectivity index (χ4n) is 1.45. The largest absolute Gasteiger partial charge is 0.461 e. The summed E-state index contributed by atoms with van der Waals surface area (Å²) in [7, 11) is 0. The lowest BCUT2D eigenvalue weighted by molar-refractivity contribution is -0.152. The van der Waals surface area contributed by atoms with E-state index in [-0.39, 0.29) is 18.2 Å². The van der Waals surface area contributed by atoms with Crippen molar-refractivity contribution in [3.8, 4) is 0 Å². The van der Waals surface area contributed by atoms with E-state index in [1.54, 1.807) is 46.8 Å². The second kappa shape index (κ2) is 5.91. The first-order valence-electron chi connectivity index (χ1n) is 6.34. The Labute approximate surface area is 113 Å². The molecule has 1 unspecified atom stereocenters. The quantitative estimate of drug-likeness (QED) is 0.785. The van der Waals surface area contributed by atoms with Gasteiger partial charge < -0.3 is 14.8 Å². The molecule has 0 fully saturated rings. The lowest BCUT2D eigenvalue weighted by Gasteiger charge is -2.28. The number of ether oxygens (including phenoxy) is 2. The molecule has 1 aliphatic heterocycles. The number of rotatable bonds is 4. The molecule has 0 aliphatic carbocycles. The van der Waals surface area contributed by atoms with Gasteiger partial charge in [0.25, 0.3) is 0 Å². The van der Waals surface area contributed by atoms with Crippen molar-refractivity contribution in [2.24, 2.45) is 0 Å². The summed E-state index contributed by atoms with van der Waals surface area (Å²) in [5.74, 6) is -0.802. The van der Waals surface area contributed by atoms with Gasteiger partial charge in [0.1, 0.15) is 0 Å². The summed E-state index contributed by atoms with van der Waals surface area (Å²) in [5, 5.41) is 2.88. The molecule has 1 heterocycles. The van der Waals surface area contributed by atoms with Gasteiger partial charge in [-0.05, 0) is 46.8 Å². The van der Waals surface area contributed by atoms with Crippen molar-refractivity contribution in [2.45, 2.75) is 52.4 Å². The highest BCUT2D eigenvalue weighted by Crippen LogP contribution is 2.17. The molecule has 0 aromatic rings. The van der Waals surface area contributed by atoms with Crippen LogP contribution in [0.1, 0.15) is 34.6 Å². The maximum absolute atomic E-state index is 11.9. The van der Waals surface area contributed by atoms with Gasteiger partial charge in [0, 0.05) is 6.20 Å². The normalized spacial score (nSPS) is 21.9. The fourth-order valence-corrected chi connectivity index (χ4v) is 1.45. The van der Waals surface area contributed by atoms with Crippen LogP contribution in [0, 0.1) is 0 Å². The molecule has 1 rings (SSSR count). The molecule has 0 saturated carbocycles. The summed E-state index contributed by atoms with van der Waals surface area (Å²) < 4.78 is 10.2. The lowest BCUT2D eigenvalue weighted by atomic mass is 9.98. The summed E-state index contributed by atoms with van der Waals surface area (Å²) in [6.45, 7) is 8.82. The minimum Gasteiger partial charge on any atom is -0.461 e. The van der Waals surface area contributed by atoms with Crippen LogP contribution in [0.15, 0.2) is 23.9 Å². The number of hydrogen-bond donors (Lipinski definition) is 1. The molecule has 0 radical (unpaired) electrons. The van der Waals surface area contributed by atoms with Crippen LogP contribution in [0.2, 0.25) is 0 Å². The second-order valence-corrected chi connectivity index (χ2v) is 5.19. The summed E-state index contributed by atoms with van der Waals surface area (Å²) in [4.78, 5) is 23.6. The topological polar surface area (TPSA) is 64.6 Å². The van der Waals surface area contributed by atoms with Crippen LogP contribution in [-0.2, 0) is 19.1 Å². The van der Waals surface area contributed by atoms with Crippen LogP contribution in [0.5, 0.6) is 0 Å². The third kappa shape index (κ3) is 4.12. The molecule has 0 bridgehead atoms. The van der Waals surface area contributed by atoms with E-state index in [0.717, 1.165) is 0 Å². The Hall–Kier alpha value is -1.78. The molecule has 0 amide bonds. The number of esters is 2. The molecule has 0 spiro atoms. The van der Waals surface area contributed by atoms with Crippen molar-refractivity contribution in [2.75, 3.05) is 0 Å². The molecule has 0 aromatic carbocycles. The van der Waals surface area contributed by atoms with E-state index in [1.807, 2.05) is 0 Å². The van der Waals surface area contributed by atoms with Crippen LogP contribution in [0.4, 0.5) is 0 Å². The summed E-state index contributed by atoms with van der Waals surface area (Å²) in [5.41, 5.74) is -0.574. The molecule has 1 N–H and O–H groups in total. The minimum atomic E-state index is -0.952. The molecule has 0 aromatic heterocycles. The molecule has 19 heavy (non-hydrogen) atoms. The highest BCUT2D eigenvalue weighted by molar-refractivity contribution is 5.93. The zero-order valence-electron chi connectivity index (χ0n) is 12.0. The van der Waals surface area contributed by atoms with Crippen LogP contribution in [-0.4, -0.2) is 29.7 Å². The zero-order valence-corrected chi connectivity index (χ0v) is 12.0. The molecule has 0 saturated heterocycles. The van der Waals surface area contributed by atoms with Crippen LogP contribution in [0.3, 0.4) is 0 Å². The van der Waals surface area contributed by atoms with E-state index >= 15 is 0 Å². The van der Waals surface area contributed by atoms with Gasteiger partial charge in [0.2, 0.25) is 0 Å². The predicted octanol–water partition coefficient (Wildman–Crippen LogP) is 1.69. The Balaban J connectivity index is 2.70. The van der Waals surface area contributed by atoms with Crippen molar-refractivity contribution >= 4 is 11.9 Å². The Morgan fingerprint density at radius 2 is 1.74 bits per heavy atom. The summed E-state index contributed by atoms with van der Waals surface area (Å²) in [6, 6.07) is 0. The number of dihydropyridines is 1. The maximum atomic E-state index is 11.9. The lowest BCUT2D eigenvalue weighted by Crippen LogP contribution is -2.48. The van der Waals surface area contributed by atoms with Gasteiger partial charge >= 0.3 is 11.9 Å². The smallest absolute Gasteiger partial charge is 0.339 e. The van der Waals surface area contributed by atoms with E-state index < -0.39 is 11.5 Å². The third-order valence-corrected chi connectivity index (χ3v) is 2.47. The van der Waals surface area contributed by atoms with Gasteiger partial charge in [-0.3, -0.25) is 0 Å². The monoisotopic (exact) mass is 267 g/mol. The van der Waals surface area contributed by atoms with Gasteiger partial charge in [-0.25, -0.2) is 9.59 Å². The number of carbonyl (C=O) groups is 2. The van der Waals surface area contributed by atoms with Crippen LogP contribution < -0.4 is 5.32 Å². The van der Waals surface area contributed by atoms with Gasteiger partial charge in [0.15, 0.2) is 5.54 Å². The maximum Gasteiger partial charge on any atom is 0.339 e. The number of carbonyl (C=O) groups excluding carboxylic acids is 2. The summed E-state index contributed by atoms with van der Waals surface area (Å²) >= 11 is 0. The van der Waals surface area contributed by atoms with Gasteiger partial charge in [0.05, 0.1) is 17.8 Å². The van der Waals surface area contributed by atoms with Crippen LogP contribution >= 0.6 is 0 Å². The van der Waals surface area contributed by atoms with Gasteiger partial charge in [-0.15, -0.1) is 0 Å². The molecule has 1 aliphatic rings. The SMILES string of the molecule is CC(C)OC(=O)C1=CNC(C)(C(=O)OC(C)C)C=C1. The first-order valence-corrected chi connectivity index (χ1v) is 6.34. The first-order chi connectivity index (χ1) is 8.74. The van der Waals surface area contributed by atoms with Crippen molar-refractivity contribution in [3.63, 3.8) is 0 Å². The highest BCUT2D eigenvalue weighted by Gasteiger charge is 2.34. The Morgan fingerprint density at radius 3 is 2.16 bits per heavy atom. The zero-order chi connectivity index (χ0) is 14.6. The number of hydrogen-bond acceptors (Lipinski definition) is 5. The van der Waals surface area contributed by atoms with E-state index in [2.05, 4.69) is 5.32 Å². The summed E-state index contributed by atoms with van der Waals surface area (Å²) in [6.07, 6.45) is 4.29. The highest BCUT2D eigenvalue weighted by atomic mass is 16.5.